The van der Waals surface area contributed by atoms with Gasteiger partial charge < -0.3 is 19.2 Å². The quantitative estimate of drug-likeness (QED) is 0.351. The van der Waals surface area contributed by atoms with Gasteiger partial charge in [-0.3, -0.25) is 9.59 Å². The lowest BCUT2D eigenvalue weighted by Gasteiger charge is -2.11. The molecule has 0 aliphatic heterocycles. The third-order valence-electron chi connectivity index (χ3n) is 5.12. The van der Waals surface area contributed by atoms with Gasteiger partial charge in [0.15, 0.2) is 6.61 Å². The Labute approximate surface area is 197 Å². The topological polar surface area (TPSA) is 77.8 Å². The summed E-state index contributed by atoms with van der Waals surface area (Å²) in [7, 11) is 0. The van der Waals surface area contributed by atoms with Crippen molar-refractivity contribution in [1.29, 1.82) is 0 Å². The maximum atomic E-state index is 12.8. The van der Waals surface area contributed by atoms with Crippen LogP contribution in [0, 0.1) is 13.8 Å². The van der Waals surface area contributed by atoms with Gasteiger partial charge in [0.25, 0.3) is 5.91 Å². The molecule has 0 bridgehead atoms. The Bertz CT molecular complexity index is 1460. The van der Waals surface area contributed by atoms with Crippen molar-refractivity contribution >= 4 is 22.6 Å². The minimum Gasteiger partial charge on any atom is -0.484 e. The van der Waals surface area contributed by atoms with E-state index in [2.05, 4.69) is 5.32 Å². The summed E-state index contributed by atoms with van der Waals surface area (Å²) in [6.45, 7) is 3.32. The van der Waals surface area contributed by atoms with Crippen LogP contribution in [0.15, 0.2) is 76.1 Å². The number of nitrogens with one attached hydrogen (secondary N) is 1. The summed E-state index contributed by atoms with van der Waals surface area (Å²) >= 11 is 0. The van der Waals surface area contributed by atoms with Crippen LogP contribution in [0.25, 0.3) is 11.0 Å². The molecular weight excluding hydrogens is 463 g/mol. The molecule has 0 aliphatic carbocycles. The molecule has 4 rings (SSSR count). The predicted octanol–water partition coefficient (Wildman–Crippen LogP) is 6.24. The van der Waals surface area contributed by atoms with Gasteiger partial charge in [-0.05, 0) is 61.4 Å². The van der Waals surface area contributed by atoms with Crippen LogP contribution in [0.5, 0.6) is 17.2 Å². The highest BCUT2D eigenvalue weighted by atomic mass is 19.4. The van der Waals surface area contributed by atoms with Crippen molar-refractivity contribution in [3.8, 4) is 17.2 Å². The second-order valence-corrected chi connectivity index (χ2v) is 7.87. The highest BCUT2D eigenvalue weighted by molar-refractivity contribution is 5.92. The molecule has 1 N–H and O–H groups in total. The van der Waals surface area contributed by atoms with Crippen LogP contribution in [0.2, 0.25) is 0 Å². The first-order valence-corrected chi connectivity index (χ1v) is 10.5. The minimum atomic E-state index is -4.52. The van der Waals surface area contributed by atoms with E-state index in [1.54, 1.807) is 0 Å². The van der Waals surface area contributed by atoms with Gasteiger partial charge in [-0.15, -0.1) is 0 Å². The summed E-state index contributed by atoms with van der Waals surface area (Å²) in [5.74, 6) is 0.162. The first-order chi connectivity index (χ1) is 16.6. The molecule has 0 atom stereocenters. The SMILES string of the molecule is Cc1ccc(C)c(Oc2coc3cc(OCC(=O)Nc4cccc(C(F)(F)F)c4)ccc3c2=O)c1. The van der Waals surface area contributed by atoms with Crippen LogP contribution in [0.4, 0.5) is 18.9 Å². The summed E-state index contributed by atoms with van der Waals surface area (Å²) in [6, 6.07) is 14.3. The molecule has 6 nitrogen and oxygen atoms in total. The number of ether oxygens (including phenoxy) is 2. The van der Waals surface area contributed by atoms with E-state index < -0.39 is 24.3 Å². The van der Waals surface area contributed by atoms with Gasteiger partial charge in [0, 0.05) is 11.8 Å². The number of amides is 1. The number of carbonyl (C=O) groups excluding carboxylic acids is 1. The van der Waals surface area contributed by atoms with E-state index >= 15 is 0 Å². The second-order valence-electron chi connectivity index (χ2n) is 7.87. The van der Waals surface area contributed by atoms with Crippen LogP contribution < -0.4 is 20.2 Å². The number of hydrogen-bond acceptors (Lipinski definition) is 5. The highest BCUT2D eigenvalue weighted by Crippen LogP contribution is 2.31. The zero-order valence-corrected chi connectivity index (χ0v) is 18.7. The number of benzene rings is 3. The van der Waals surface area contributed by atoms with Gasteiger partial charge in [-0.25, -0.2) is 0 Å². The van der Waals surface area contributed by atoms with Crippen molar-refractivity contribution < 1.29 is 31.9 Å². The molecule has 4 aromatic rings. The molecule has 180 valence electrons. The minimum absolute atomic E-state index is 0.00527. The summed E-state index contributed by atoms with van der Waals surface area (Å²) in [5, 5.41) is 2.61. The standard InChI is InChI=1S/C26H20F3NO5/c1-15-6-7-16(2)21(10-15)35-23-13-34-22-12-19(8-9-20(22)25(23)32)33-14-24(31)30-18-5-3-4-17(11-18)26(27,28)29/h3-13H,14H2,1-2H3,(H,30,31). The van der Waals surface area contributed by atoms with Gasteiger partial charge in [-0.2, -0.15) is 13.2 Å². The van der Waals surface area contributed by atoms with E-state index in [0.717, 1.165) is 23.3 Å². The molecule has 0 fully saturated rings. The lowest BCUT2D eigenvalue weighted by molar-refractivity contribution is -0.137. The van der Waals surface area contributed by atoms with Gasteiger partial charge >= 0.3 is 6.18 Å². The Morgan fingerprint density at radius 2 is 1.80 bits per heavy atom. The molecule has 0 aliphatic rings. The van der Waals surface area contributed by atoms with E-state index in [1.807, 2.05) is 32.0 Å². The monoisotopic (exact) mass is 483 g/mol. The number of fused-ring (bicyclic) bond motifs is 1. The van der Waals surface area contributed by atoms with E-state index in [0.29, 0.717) is 5.75 Å². The van der Waals surface area contributed by atoms with Crippen molar-refractivity contribution in [2.75, 3.05) is 11.9 Å². The summed E-state index contributed by atoms with van der Waals surface area (Å²) in [5.41, 5.74) is 0.813. The van der Waals surface area contributed by atoms with Crippen molar-refractivity contribution in [3.05, 3.63) is 93.8 Å². The molecule has 0 spiro atoms. The van der Waals surface area contributed by atoms with E-state index in [4.69, 9.17) is 13.9 Å². The Morgan fingerprint density at radius 1 is 1.00 bits per heavy atom. The highest BCUT2D eigenvalue weighted by Gasteiger charge is 2.30. The van der Waals surface area contributed by atoms with E-state index in [9.17, 15) is 22.8 Å². The van der Waals surface area contributed by atoms with Crippen LogP contribution in [0.3, 0.4) is 0 Å². The van der Waals surface area contributed by atoms with Gasteiger partial charge in [0.1, 0.15) is 23.3 Å². The molecule has 1 amide bonds. The van der Waals surface area contributed by atoms with Gasteiger partial charge in [0.05, 0.1) is 10.9 Å². The number of rotatable bonds is 6. The Balaban J connectivity index is 1.44. The first-order valence-electron chi connectivity index (χ1n) is 10.5. The molecule has 0 unspecified atom stereocenters. The molecule has 0 radical (unpaired) electrons. The van der Waals surface area contributed by atoms with E-state index in [-0.39, 0.29) is 33.6 Å². The Kier molecular flexibility index (Phi) is 6.50. The van der Waals surface area contributed by atoms with Crippen LogP contribution >= 0.6 is 0 Å². The Morgan fingerprint density at radius 3 is 2.57 bits per heavy atom. The molecule has 0 saturated heterocycles. The molecule has 1 heterocycles. The molecule has 9 heteroatoms. The van der Waals surface area contributed by atoms with Crippen LogP contribution in [0.1, 0.15) is 16.7 Å². The number of anilines is 1. The number of alkyl halides is 3. The normalized spacial score (nSPS) is 11.3. The zero-order chi connectivity index (χ0) is 25.2. The fraction of sp³-hybridized carbons (Fsp3) is 0.154. The molecular formula is C26H20F3NO5. The largest absolute Gasteiger partial charge is 0.484 e. The molecule has 0 saturated carbocycles. The molecule has 3 aromatic carbocycles. The molecule has 1 aromatic heterocycles. The number of halogens is 3. The maximum Gasteiger partial charge on any atom is 0.416 e. The second kappa shape index (κ2) is 9.54. The summed E-state index contributed by atoms with van der Waals surface area (Å²) in [6.07, 6.45) is -3.31. The average molecular weight is 483 g/mol. The summed E-state index contributed by atoms with van der Waals surface area (Å²) in [4.78, 5) is 25.0. The van der Waals surface area contributed by atoms with Gasteiger partial charge in [0.2, 0.25) is 11.2 Å². The molecule has 35 heavy (non-hydrogen) atoms. The predicted molar refractivity (Wildman–Crippen MR) is 124 cm³/mol. The van der Waals surface area contributed by atoms with E-state index in [1.165, 1.54) is 36.6 Å². The third kappa shape index (κ3) is 5.63. The van der Waals surface area contributed by atoms with Crippen molar-refractivity contribution in [1.82, 2.24) is 0 Å². The number of carbonyl (C=O) groups is 1. The summed E-state index contributed by atoms with van der Waals surface area (Å²) < 4.78 is 55.2. The van der Waals surface area contributed by atoms with Crippen LogP contribution in [-0.4, -0.2) is 12.5 Å². The number of aryl methyl sites for hydroxylation is 2. The fourth-order valence-corrected chi connectivity index (χ4v) is 3.31. The first kappa shape index (κ1) is 23.9. The van der Waals surface area contributed by atoms with Gasteiger partial charge in [-0.1, -0.05) is 18.2 Å². The van der Waals surface area contributed by atoms with Crippen molar-refractivity contribution in [2.24, 2.45) is 0 Å². The lowest BCUT2D eigenvalue weighted by Crippen LogP contribution is -2.20. The third-order valence-corrected chi connectivity index (χ3v) is 5.12. The zero-order valence-electron chi connectivity index (χ0n) is 18.7. The maximum absolute atomic E-state index is 12.8. The fourth-order valence-electron chi connectivity index (χ4n) is 3.31. The number of hydrogen-bond donors (Lipinski definition) is 1. The Hall–Kier alpha value is -4.27. The van der Waals surface area contributed by atoms with Crippen molar-refractivity contribution in [3.63, 3.8) is 0 Å². The lowest BCUT2D eigenvalue weighted by atomic mass is 10.1. The smallest absolute Gasteiger partial charge is 0.416 e. The average Bonchev–Trinajstić information content (AvgIpc) is 2.81. The van der Waals surface area contributed by atoms with Crippen LogP contribution in [-0.2, 0) is 11.0 Å². The van der Waals surface area contributed by atoms with Crippen molar-refractivity contribution in [2.45, 2.75) is 20.0 Å².